The Labute approximate surface area is 155 Å². The highest BCUT2D eigenvalue weighted by Crippen LogP contribution is 2.15. The van der Waals surface area contributed by atoms with Crippen molar-refractivity contribution >= 4 is 34.6 Å². The molecule has 134 valence electrons. The van der Waals surface area contributed by atoms with Crippen molar-refractivity contribution < 1.29 is 14.0 Å². The van der Waals surface area contributed by atoms with Crippen molar-refractivity contribution in [3.63, 3.8) is 0 Å². The van der Waals surface area contributed by atoms with Crippen LogP contribution in [0.3, 0.4) is 0 Å². The van der Waals surface area contributed by atoms with Crippen molar-refractivity contribution in [2.24, 2.45) is 0 Å². The summed E-state index contributed by atoms with van der Waals surface area (Å²) >= 11 is 1.63. The lowest BCUT2D eigenvalue weighted by Crippen LogP contribution is -2.27. The van der Waals surface area contributed by atoms with E-state index >= 15 is 0 Å². The third-order valence-corrected chi connectivity index (χ3v) is 4.38. The van der Waals surface area contributed by atoms with E-state index in [2.05, 4.69) is 16.0 Å². The Hall–Kier alpha value is -3.06. The number of nitrogens with one attached hydrogen (secondary N) is 3. The Morgan fingerprint density at radius 3 is 2.42 bits per heavy atom. The van der Waals surface area contributed by atoms with Gasteiger partial charge in [-0.25, -0.2) is 4.79 Å². The van der Waals surface area contributed by atoms with Crippen LogP contribution in [0.2, 0.25) is 0 Å². The van der Waals surface area contributed by atoms with E-state index in [0.717, 1.165) is 6.42 Å². The number of hydrogen-bond donors (Lipinski definition) is 3. The van der Waals surface area contributed by atoms with Crippen molar-refractivity contribution in [2.75, 3.05) is 10.6 Å². The molecule has 1 aromatic carbocycles. The van der Waals surface area contributed by atoms with Crippen molar-refractivity contribution in [2.45, 2.75) is 19.4 Å². The van der Waals surface area contributed by atoms with Crippen LogP contribution in [0.4, 0.5) is 16.2 Å². The number of benzene rings is 1. The first-order valence-electron chi connectivity index (χ1n) is 8.17. The Kier molecular flexibility index (Phi) is 6.05. The first kappa shape index (κ1) is 17.8. The van der Waals surface area contributed by atoms with Crippen LogP contribution in [0.1, 0.15) is 17.7 Å². The number of anilines is 2. The van der Waals surface area contributed by atoms with E-state index in [4.69, 9.17) is 4.42 Å². The zero-order valence-electron chi connectivity index (χ0n) is 14.0. The molecule has 3 N–H and O–H groups in total. The van der Waals surface area contributed by atoms with Crippen LogP contribution >= 0.6 is 11.3 Å². The third-order valence-electron chi connectivity index (χ3n) is 3.65. The Bertz CT molecular complexity index is 756. The fourth-order valence-electron chi connectivity index (χ4n) is 2.31. The van der Waals surface area contributed by atoms with Gasteiger partial charge in [0.1, 0.15) is 5.76 Å². The summed E-state index contributed by atoms with van der Waals surface area (Å²) in [6, 6.07) is 12.2. The van der Waals surface area contributed by atoms with Gasteiger partial charge in [0.15, 0.2) is 0 Å². The number of hydrogen-bond acceptors (Lipinski definition) is 4. The molecule has 2 heterocycles. The lowest BCUT2D eigenvalue weighted by molar-refractivity contribution is -0.116. The largest absolute Gasteiger partial charge is 0.467 e. The average Bonchev–Trinajstić information content (AvgIpc) is 3.34. The van der Waals surface area contributed by atoms with Gasteiger partial charge in [0.05, 0.1) is 12.8 Å². The summed E-state index contributed by atoms with van der Waals surface area (Å²) in [5, 5.41) is 12.3. The van der Waals surface area contributed by atoms with E-state index in [9.17, 15) is 9.59 Å². The van der Waals surface area contributed by atoms with Gasteiger partial charge >= 0.3 is 6.03 Å². The molecule has 0 aliphatic carbocycles. The van der Waals surface area contributed by atoms with Crippen LogP contribution in [0, 0.1) is 0 Å². The summed E-state index contributed by atoms with van der Waals surface area (Å²) in [7, 11) is 0. The van der Waals surface area contributed by atoms with E-state index in [1.165, 1.54) is 5.56 Å². The molecular weight excluding hydrogens is 350 g/mol. The van der Waals surface area contributed by atoms with E-state index in [0.29, 0.717) is 30.1 Å². The van der Waals surface area contributed by atoms with Crippen LogP contribution in [0.25, 0.3) is 0 Å². The van der Waals surface area contributed by atoms with Crippen molar-refractivity contribution in [1.29, 1.82) is 0 Å². The normalized spacial score (nSPS) is 10.3. The summed E-state index contributed by atoms with van der Waals surface area (Å²) in [6.07, 6.45) is 2.72. The molecule has 26 heavy (non-hydrogen) atoms. The molecule has 0 aliphatic heterocycles. The van der Waals surface area contributed by atoms with Gasteiger partial charge in [0, 0.05) is 17.8 Å². The number of amides is 3. The Balaban J connectivity index is 1.42. The maximum atomic E-state index is 12.0. The maximum Gasteiger partial charge on any atom is 0.319 e. The van der Waals surface area contributed by atoms with Crippen LogP contribution < -0.4 is 16.0 Å². The number of urea groups is 1. The fraction of sp³-hybridized carbons (Fsp3) is 0.158. The predicted octanol–water partition coefficient (Wildman–Crippen LogP) is 4.23. The summed E-state index contributed by atoms with van der Waals surface area (Å²) in [5.74, 6) is 0.647. The van der Waals surface area contributed by atoms with Gasteiger partial charge < -0.3 is 20.4 Å². The molecule has 3 aromatic rings. The molecule has 0 unspecified atom stereocenters. The SMILES string of the molecule is O=C(CCc1ccsc1)Nc1ccc(NC(=O)NCc2ccco2)cc1. The molecule has 0 fully saturated rings. The molecule has 2 aromatic heterocycles. The van der Waals surface area contributed by atoms with Crippen LogP contribution in [-0.4, -0.2) is 11.9 Å². The molecule has 0 atom stereocenters. The van der Waals surface area contributed by atoms with Gasteiger partial charge in [0.25, 0.3) is 0 Å². The highest BCUT2D eigenvalue weighted by Gasteiger charge is 2.05. The number of aryl methyl sites for hydroxylation is 1. The smallest absolute Gasteiger partial charge is 0.319 e. The minimum atomic E-state index is -0.325. The Morgan fingerprint density at radius 1 is 1.00 bits per heavy atom. The lowest BCUT2D eigenvalue weighted by Gasteiger charge is -2.08. The van der Waals surface area contributed by atoms with Crippen LogP contribution in [0.15, 0.2) is 63.9 Å². The number of carbonyl (C=O) groups is 2. The molecule has 6 nitrogen and oxygen atoms in total. The minimum Gasteiger partial charge on any atom is -0.467 e. The molecule has 0 aliphatic rings. The predicted molar refractivity (Wildman–Crippen MR) is 102 cm³/mol. The average molecular weight is 369 g/mol. The van der Waals surface area contributed by atoms with Gasteiger partial charge in [-0.05, 0) is 65.2 Å². The molecule has 7 heteroatoms. The van der Waals surface area contributed by atoms with Crippen molar-refractivity contribution in [3.8, 4) is 0 Å². The summed E-state index contributed by atoms with van der Waals surface area (Å²) in [5.41, 5.74) is 2.50. The number of thiophene rings is 1. The molecule has 0 bridgehead atoms. The quantitative estimate of drug-likeness (QED) is 0.583. The Morgan fingerprint density at radius 2 is 1.77 bits per heavy atom. The zero-order valence-corrected chi connectivity index (χ0v) is 14.8. The third kappa shape index (κ3) is 5.49. The number of furan rings is 1. The molecule has 0 radical (unpaired) electrons. The van der Waals surface area contributed by atoms with Crippen LogP contribution in [-0.2, 0) is 17.8 Å². The number of carbonyl (C=O) groups excluding carboxylic acids is 2. The molecule has 3 amide bonds. The lowest BCUT2D eigenvalue weighted by atomic mass is 10.2. The van der Waals surface area contributed by atoms with Gasteiger partial charge in [-0.2, -0.15) is 11.3 Å². The standard InChI is InChI=1S/C19H19N3O3S/c23-18(8-3-14-9-11-26-13-14)21-15-4-6-16(7-5-15)22-19(24)20-12-17-2-1-10-25-17/h1-2,4-7,9-11,13H,3,8,12H2,(H,21,23)(H2,20,22,24). The topological polar surface area (TPSA) is 83.4 Å². The maximum absolute atomic E-state index is 12.0. The van der Waals surface area contributed by atoms with Crippen molar-refractivity contribution in [3.05, 3.63) is 70.8 Å². The first-order chi connectivity index (χ1) is 12.7. The number of rotatable bonds is 7. The van der Waals surface area contributed by atoms with E-state index in [-0.39, 0.29) is 11.9 Å². The summed E-state index contributed by atoms with van der Waals surface area (Å²) in [4.78, 5) is 23.8. The van der Waals surface area contributed by atoms with Gasteiger partial charge in [0.2, 0.25) is 5.91 Å². The van der Waals surface area contributed by atoms with E-state index in [1.54, 1.807) is 54.0 Å². The fourth-order valence-corrected chi connectivity index (χ4v) is 3.01. The molecule has 0 saturated heterocycles. The van der Waals surface area contributed by atoms with Crippen LogP contribution in [0.5, 0.6) is 0 Å². The van der Waals surface area contributed by atoms with Gasteiger partial charge in [-0.15, -0.1) is 0 Å². The van der Waals surface area contributed by atoms with Crippen molar-refractivity contribution in [1.82, 2.24) is 5.32 Å². The monoisotopic (exact) mass is 369 g/mol. The minimum absolute atomic E-state index is 0.0342. The highest BCUT2D eigenvalue weighted by molar-refractivity contribution is 7.07. The second-order valence-corrected chi connectivity index (χ2v) is 6.42. The van der Waals surface area contributed by atoms with E-state index < -0.39 is 0 Å². The van der Waals surface area contributed by atoms with Gasteiger partial charge in [-0.3, -0.25) is 4.79 Å². The van der Waals surface area contributed by atoms with Gasteiger partial charge in [-0.1, -0.05) is 0 Å². The molecular formula is C19H19N3O3S. The second kappa shape index (κ2) is 8.87. The second-order valence-electron chi connectivity index (χ2n) is 5.64. The summed E-state index contributed by atoms with van der Waals surface area (Å²) in [6.45, 7) is 0.317. The zero-order chi connectivity index (χ0) is 18.2. The van der Waals surface area contributed by atoms with E-state index in [1.807, 2.05) is 16.8 Å². The molecule has 0 saturated carbocycles. The summed E-state index contributed by atoms with van der Waals surface area (Å²) < 4.78 is 5.15. The first-order valence-corrected chi connectivity index (χ1v) is 9.11. The molecule has 0 spiro atoms. The highest BCUT2D eigenvalue weighted by atomic mass is 32.1. The molecule has 3 rings (SSSR count).